The van der Waals surface area contributed by atoms with E-state index in [2.05, 4.69) is 5.32 Å². The van der Waals surface area contributed by atoms with Crippen molar-refractivity contribution in [1.82, 2.24) is 10.2 Å². The molecule has 1 aromatic rings. The fraction of sp³-hybridized carbons (Fsp3) is 0.438. The van der Waals surface area contributed by atoms with Crippen LogP contribution in [0.1, 0.15) is 25.3 Å². The summed E-state index contributed by atoms with van der Waals surface area (Å²) in [5.74, 6) is -1.43. The van der Waals surface area contributed by atoms with Crippen LogP contribution >= 0.6 is 0 Å². The summed E-state index contributed by atoms with van der Waals surface area (Å²) in [5.41, 5.74) is 0.840. The molecule has 1 aliphatic rings. The maximum atomic E-state index is 12.3. The van der Waals surface area contributed by atoms with Crippen molar-refractivity contribution in [2.45, 2.75) is 38.5 Å². The average molecular weight is 320 g/mol. The van der Waals surface area contributed by atoms with E-state index in [-0.39, 0.29) is 6.61 Å². The summed E-state index contributed by atoms with van der Waals surface area (Å²) in [5, 5.41) is 11.5. The van der Waals surface area contributed by atoms with Gasteiger partial charge in [0.1, 0.15) is 18.7 Å². The van der Waals surface area contributed by atoms with Gasteiger partial charge in [-0.1, -0.05) is 30.3 Å². The van der Waals surface area contributed by atoms with E-state index < -0.39 is 30.1 Å². The summed E-state index contributed by atoms with van der Waals surface area (Å²) in [6.45, 7) is 2.01. The molecule has 0 unspecified atom stereocenters. The van der Waals surface area contributed by atoms with Gasteiger partial charge in [-0.25, -0.2) is 9.59 Å². The Kier molecular flexibility index (Phi) is 5.56. The summed E-state index contributed by atoms with van der Waals surface area (Å²) >= 11 is 0. The fourth-order valence-corrected chi connectivity index (χ4v) is 2.54. The lowest BCUT2D eigenvalue weighted by Gasteiger charge is -2.25. The average Bonchev–Trinajstić information content (AvgIpc) is 3.03. The summed E-state index contributed by atoms with van der Waals surface area (Å²) in [6.07, 6.45) is 0.376. The second-order valence-electron chi connectivity index (χ2n) is 5.46. The Morgan fingerprint density at radius 1 is 1.35 bits per heavy atom. The number of likely N-dealkylation sites (tertiary alicyclic amines) is 1. The molecule has 0 spiro atoms. The van der Waals surface area contributed by atoms with E-state index in [9.17, 15) is 14.4 Å². The van der Waals surface area contributed by atoms with E-state index >= 15 is 0 Å². The van der Waals surface area contributed by atoms with Crippen LogP contribution in [-0.2, 0) is 20.9 Å². The molecule has 0 aliphatic carbocycles. The van der Waals surface area contributed by atoms with Crippen molar-refractivity contribution in [3.05, 3.63) is 35.9 Å². The van der Waals surface area contributed by atoms with Crippen LogP contribution < -0.4 is 5.32 Å². The summed E-state index contributed by atoms with van der Waals surface area (Å²) in [4.78, 5) is 36.4. The van der Waals surface area contributed by atoms with Gasteiger partial charge in [0.15, 0.2) is 0 Å². The molecule has 0 bridgehead atoms. The lowest BCUT2D eigenvalue weighted by molar-refractivity contribution is -0.148. The second kappa shape index (κ2) is 7.62. The maximum Gasteiger partial charge on any atom is 0.408 e. The number of rotatable bonds is 5. The van der Waals surface area contributed by atoms with Crippen LogP contribution in [0.4, 0.5) is 4.79 Å². The van der Waals surface area contributed by atoms with E-state index in [4.69, 9.17) is 9.84 Å². The van der Waals surface area contributed by atoms with Crippen molar-refractivity contribution in [2.24, 2.45) is 0 Å². The largest absolute Gasteiger partial charge is 0.480 e. The van der Waals surface area contributed by atoms with Crippen molar-refractivity contribution in [2.75, 3.05) is 6.54 Å². The predicted octanol–water partition coefficient (Wildman–Crippen LogP) is 1.38. The molecule has 1 saturated heterocycles. The normalized spacial score (nSPS) is 18.3. The minimum absolute atomic E-state index is 0.106. The number of hydrogen-bond acceptors (Lipinski definition) is 4. The van der Waals surface area contributed by atoms with Gasteiger partial charge in [0.2, 0.25) is 5.91 Å². The molecule has 7 nitrogen and oxygen atoms in total. The molecule has 2 amide bonds. The Morgan fingerprint density at radius 3 is 2.70 bits per heavy atom. The quantitative estimate of drug-likeness (QED) is 0.854. The number of aliphatic carboxylic acids is 1. The standard InChI is InChI=1S/C16H20N2O5/c1-11(14(19)18-9-5-8-13(18)15(20)21)17-16(22)23-10-12-6-3-2-4-7-12/h2-4,6-7,11,13H,5,8-10H2,1H3,(H,17,22)(H,20,21)/t11-,13+/m0/s1. The van der Waals surface area contributed by atoms with Crippen LogP contribution in [0.3, 0.4) is 0 Å². The number of carbonyl (C=O) groups excluding carboxylic acids is 2. The molecule has 0 saturated carbocycles. The molecule has 0 aromatic heterocycles. The molecule has 2 atom stereocenters. The van der Waals surface area contributed by atoms with Crippen LogP contribution in [0.25, 0.3) is 0 Å². The minimum Gasteiger partial charge on any atom is -0.480 e. The van der Waals surface area contributed by atoms with Crippen LogP contribution in [-0.4, -0.2) is 46.6 Å². The van der Waals surface area contributed by atoms with Crippen molar-refractivity contribution >= 4 is 18.0 Å². The van der Waals surface area contributed by atoms with Crippen LogP contribution in [0.15, 0.2) is 30.3 Å². The number of alkyl carbamates (subject to hydrolysis) is 1. The van der Waals surface area contributed by atoms with Crippen molar-refractivity contribution in [3.63, 3.8) is 0 Å². The molecule has 124 valence electrons. The summed E-state index contributed by atoms with van der Waals surface area (Å²) in [6, 6.07) is 7.53. The van der Waals surface area contributed by atoms with Gasteiger partial charge < -0.3 is 20.1 Å². The van der Waals surface area contributed by atoms with Gasteiger partial charge in [0.25, 0.3) is 0 Å². The van der Waals surface area contributed by atoms with Gasteiger partial charge >= 0.3 is 12.1 Å². The minimum atomic E-state index is -1.02. The maximum absolute atomic E-state index is 12.3. The zero-order chi connectivity index (χ0) is 16.8. The SMILES string of the molecule is C[C@H](NC(=O)OCc1ccccc1)C(=O)N1CCC[C@@H]1C(=O)O. The number of amides is 2. The Balaban J connectivity index is 1.83. The molecular weight excluding hydrogens is 300 g/mol. The highest BCUT2D eigenvalue weighted by Gasteiger charge is 2.36. The third-order valence-electron chi connectivity index (χ3n) is 3.74. The fourth-order valence-electron chi connectivity index (χ4n) is 2.54. The number of carboxylic acids is 1. The topological polar surface area (TPSA) is 95.9 Å². The van der Waals surface area contributed by atoms with Gasteiger partial charge in [-0.15, -0.1) is 0 Å². The molecule has 1 fully saturated rings. The second-order valence-corrected chi connectivity index (χ2v) is 5.46. The van der Waals surface area contributed by atoms with Gasteiger partial charge in [-0.3, -0.25) is 4.79 Å². The highest BCUT2D eigenvalue weighted by Crippen LogP contribution is 2.18. The molecule has 23 heavy (non-hydrogen) atoms. The first kappa shape index (κ1) is 16.8. The summed E-state index contributed by atoms with van der Waals surface area (Å²) in [7, 11) is 0. The Bertz CT molecular complexity index is 575. The first-order valence-corrected chi connectivity index (χ1v) is 7.49. The Morgan fingerprint density at radius 2 is 2.04 bits per heavy atom. The lowest BCUT2D eigenvalue weighted by atomic mass is 10.2. The molecule has 1 aliphatic heterocycles. The number of benzene rings is 1. The molecular formula is C16H20N2O5. The number of carbonyl (C=O) groups is 3. The van der Waals surface area contributed by atoms with Crippen LogP contribution in [0.2, 0.25) is 0 Å². The molecule has 1 heterocycles. The molecule has 7 heteroatoms. The number of nitrogens with zero attached hydrogens (tertiary/aromatic N) is 1. The van der Waals surface area contributed by atoms with Gasteiger partial charge in [-0.2, -0.15) is 0 Å². The zero-order valence-electron chi connectivity index (χ0n) is 12.9. The van der Waals surface area contributed by atoms with Crippen molar-refractivity contribution < 1.29 is 24.2 Å². The third-order valence-corrected chi connectivity index (χ3v) is 3.74. The van der Waals surface area contributed by atoms with Gasteiger partial charge in [0, 0.05) is 6.54 Å². The smallest absolute Gasteiger partial charge is 0.408 e. The number of nitrogens with one attached hydrogen (secondary N) is 1. The first-order valence-electron chi connectivity index (χ1n) is 7.49. The zero-order valence-corrected chi connectivity index (χ0v) is 12.9. The lowest BCUT2D eigenvalue weighted by Crippen LogP contribution is -2.50. The third kappa shape index (κ3) is 4.45. The Hall–Kier alpha value is -2.57. The Labute approximate surface area is 134 Å². The summed E-state index contributed by atoms with van der Waals surface area (Å²) < 4.78 is 5.05. The van der Waals surface area contributed by atoms with Gasteiger partial charge in [0.05, 0.1) is 0 Å². The van der Waals surface area contributed by atoms with E-state index in [0.29, 0.717) is 19.4 Å². The van der Waals surface area contributed by atoms with Crippen LogP contribution in [0.5, 0.6) is 0 Å². The highest BCUT2D eigenvalue weighted by molar-refractivity contribution is 5.89. The number of hydrogen-bond donors (Lipinski definition) is 2. The highest BCUT2D eigenvalue weighted by atomic mass is 16.5. The predicted molar refractivity (Wildman–Crippen MR) is 81.6 cm³/mol. The van der Waals surface area contributed by atoms with E-state index in [1.807, 2.05) is 30.3 Å². The van der Waals surface area contributed by atoms with Crippen molar-refractivity contribution in [3.8, 4) is 0 Å². The molecule has 0 radical (unpaired) electrons. The van der Waals surface area contributed by atoms with E-state index in [1.165, 1.54) is 11.8 Å². The molecule has 2 rings (SSSR count). The van der Waals surface area contributed by atoms with Crippen molar-refractivity contribution in [1.29, 1.82) is 0 Å². The number of carboxylic acid groups (broad SMARTS) is 1. The first-order chi connectivity index (χ1) is 11.0. The van der Waals surface area contributed by atoms with Gasteiger partial charge in [-0.05, 0) is 25.3 Å². The van der Waals surface area contributed by atoms with E-state index in [1.54, 1.807) is 0 Å². The van der Waals surface area contributed by atoms with E-state index in [0.717, 1.165) is 5.56 Å². The monoisotopic (exact) mass is 320 g/mol. The van der Waals surface area contributed by atoms with Crippen LogP contribution in [0, 0.1) is 0 Å². The number of ether oxygens (including phenoxy) is 1. The molecule has 2 N–H and O–H groups in total. The molecule has 1 aromatic carbocycles.